The first-order chi connectivity index (χ1) is 12.4. The number of aryl methyl sites for hydroxylation is 1. The van der Waals surface area contributed by atoms with Crippen LogP contribution in [0.2, 0.25) is 0 Å². The van der Waals surface area contributed by atoms with Gasteiger partial charge in [-0.15, -0.1) is 35.3 Å². The summed E-state index contributed by atoms with van der Waals surface area (Å²) in [7, 11) is 7.50. The molecule has 0 aliphatic carbocycles. The molecule has 0 saturated carbocycles. The molecule has 1 aromatic rings. The van der Waals surface area contributed by atoms with Crippen molar-refractivity contribution in [3.8, 4) is 0 Å². The van der Waals surface area contributed by atoms with Gasteiger partial charge in [0.2, 0.25) is 5.91 Å². The van der Waals surface area contributed by atoms with Crippen LogP contribution >= 0.6 is 35.3 Å². The third-order valence-electron chi connectivity index (χ3n) is 4.63. The lowest BCUT2D eigenvalue weighted by Crippen LogP contribution is -2.44. The molecule has 1 amide bonds. The third kappa shape index (κ3) is 7.19. The lowest BCUT2D eigenvalue weighted by molar-refractivity contribution is -0.133. The highest BCUT2D eigenvalue weighted by Crippen LogP contribution is 2.18. The fraction of sp³-hybridized carbons (Fsp3) is 0.722. The quantitative estimate of drug-likeness (QED) is 0.264. The Morgan fingerprint density at radius 2 is 2.19 bits per heavy atom. The Morgan fingerprint density at radius 3 is 2.78 bits per heavy atom. The zero-order chi connectivity index (χ0) is 19.1. The molecule has 27 heavy (non-hydrogen) atoms. The molecule has 1 unspecified atom stereocenters. The number of carbonyl (C=O) groups is 1. The molecule has 1 aliphatic rings. The Kier molecular flexibility index (Phi) is 10.5. The number of nitrogens with one attached hydrogen (secondary N) is 1. The molecule has 1 aromatic heterocycles. The number of amides is 1. The molecular formula is C18H33IN6OS. The van der Waals surface area contributed by atoms with Crippen molar-refractivity contribution >= 4 is 47.2 Å². The van der Waals surface area contributed by atoms with Gasteiger partial charge in [-0.1, -0.05) is 0 Å². The molecule has 0 spiro atoms. The molecule has 2 heterocycles. The van der Waals surface area contributed by atoms with Crippen LogP contribution in [-0.2, 0) is 11.3 Å². The van der Waals surface area contributed by atoms with Gasteiger partial charge in [0, 0.05) is 46.7 Å². The van der Waals surface area contributed by atoms with E-state index in [9.17, 15) is 4.79 Å². The van der Waals surface area contributed by atoms with Crippen molar-refractivity contribution in [3.63, 3.8) is 0 Å². The van der Waals surface area contributed by atoms with Gasteiger partial charge in [0.15, 0.2) is 5.96 Å². The summed E-state index contributed by atoms with van der Waals surface area (Å²) in [6.45, 7) is 5.56. The molecule has 7 nitrogen and oxygen atoms in total. The van der Waals surface area contributed by atoms with Gasteiger partial charge in [0.1, 0.15) is 0 Å². The van der Waals surface area contributed by atoms with Crippen LogP contribution in [0.3, 0.4) is 0 Å². The van der Waals surface area contributed by atoms with Crippen molar-refractivity contribution in [2.75, 3.05) is 47.8 Å². The van der Waals surface area contributed by atoms with E-state index in [0.29, 0.717) is 0 Å². The summed E-state index contributed by atoms with van der Waals surface area (Å²) in [4.78, 5) is 27.2. The lowest BCUT2D eigenvalue weighted by atomic mass is 10.2. The summed E-state index contributed by atoms with van der Waals surface area (Å²) in [5.74, 6) is 1.10. The van der Waals surface area contributed by atoms with Crippen LogP contribution in [0.25, 0.3) is 0 Å². The van der Waals surface area contributed by atoms with E-state index in [1.807, 2.05) is 28.1 Å². The van der Waals surface area contributed by atoms with Gasteiger partial charge >= 0.3 is 0 Å². The van der Waals surface area contributed by atoms with E-state index in [1.165, 1.54) is 0 Å². The van der Waals surface area contributed by atoms with Crippen molar-refractivity contribution in [3.05, 3.63) is 16.1 Å². The maximum Gasteiger partial charge on any atom is 0.239 e. The van der Waals surface area contributed by atoms with E-state index in [4.69, 9.17) is 0 Å². The molecule has 0 bridgehead atoms. The van der Waals surface area contributed by atoms with Gasteiger partial charge in [-0.2, -0.15) is 0 Å². The summed E-state index contributed by atoms with van der Waals surface area (Å²) in [6, 6.07) is 0.0555. The standard InChI is InChI=1S/C18H32N6OS.HI/c1-14-21-15(13-26-14)12-23(5)18(19-2)20-9-7-11-24-10-6-8-16(24)17(25)22(3)4;/h13,16H,6-12H2,1-5H3,(H,19,20);1H. The fourth-order valence-electron chi connectivity index (χ4n) is 3.34. The lowest BCUT2D eigenvalue weighted by Gasteiger charge is -2.26. The van der Waals surface area contributed by atoms with Gasteiger partial charge in [0.05, 0.1) is 23.3 Å². The zero-order valence-electron chi connectivity index (χ0n) is 17.1. The molecule has 0 radical (unpaired) electrons. The molecule has 0 aromatic carbocycles. The summed E-state index contributed by atoms with van der Waals surface area (Å²) in [5.41, 5.74) is 1.07. The van der Waals surface area contributed by atoms with E-state index in [1.54, 1.807) is 23.3 Å². The maximum atomic E-state index is 12.2. The van der Waals surface area contributed by atoms with E-state index in [-0.39, 0.29) is 35.9 Å². The topological polar surface area (TPSA) is 64.1 Å². The zero-order valence-corrected chi connectivity index (χ0v) is 20.2. The smallest absolute Gasteiger partial charge is 0.239 e. The number of aromatic nitrogens is 1. The molecule has 9 heteroatoms. The van der Waals surface area contributed by atoms with Gasteiger partial charge in [0.25, 0.3) is 0 Å². The number of thiazole rings is 1. The number of halogens is 1. The minimum Gasteiger partial charge on any atom is -0.356 e. The van der Waals surface area contributed by atoms with Gasteiger partial charge in [-0.3, -0.25) is 14.7 Å². The summed E-state index contributed by atoms with van der Waals surface area (Å²) in [6.07, 6.45) is 3.07. The molecule has 2 rings (SSSR count). The largest absolute Gasteiger partial charge is 0.356 e. The summed E-state index contributed by atoms with van der Waals surface area (Å²) < 4.78 is 0. The third-order valence-corrected chi connectivity index (χ3v) is 5.46. The van der Waals surface area contributed by atoms with E-state index in [2.05, 4.69) is 30.5 Å². The number of aliphatic imine (C=N–C) groups is 1. The second-order valence-corrected chi connectivity index (χ2v) is 8.03. The highest BCUT2D eigenvalue weighted by Gasteiger charge is 2.30. The molecule has 1 N–H and O–H groups in total. The highest BCUT2D eigenvalue weighted by atomic mass is 127. The molecule has 1 fully saturated rings. The molecular weight excluding hydrogens is 475 g/mol. The number of carbonyl (C=O) groups excluding carboxylic acids is 1. The van der Waals surface area contributed by atoms with Crippen molar-refractivity contribution in [2.24, 2.45) is 4.99 Å². The monoisotopic (exact) mass is 508 g/mol. The highest BCUT2D eigenvalue weighted by molar-refractivity contribution is 14.0. The predicted octanol–water partition coefficient (Wildman–Crippen LogP) is 2.02. The Hall–Kier alpha value is -0.940. The van der Waals surface area contributed by atoms with E-state index in [0.717, 1.165) is 62.1 Å². The minimum absolute atomic E-state index is 0. The van der Waals surface area contributed by atoms with Crippen molar-refractivity contribution < 1.29 is 4.79 Å². The SMILES string of the molecule is CN=C(NCCCN1CCCC1C(=O)N(C)C)N(C)Cc1csc(C)n1.I. The first-order valence-electron chi connectivity index (χ1n) is 9.20. The number of likely N-dealkylation sites (tertiary alicyclic amines) is 1. The first-order valence-corrected chi connectivity index (χ1v) is 10.1. The Bertz CT molecular complexity index is 621. The number of nitrogens with zero attached hydrogens (tertiary/aromatic N) is 5. The number of rotatable bonds is 7. The number of guanidine groups is 1. The Morgan fingerprint density at radius 1 is 1.44 bits per heavy atom. The van der Waals surface area contributed by atoms with Crippen LogP contribution in [0.5, 0.6) is 0 Å². The average Bonchev–Trinajstić information content (AvgIpc) is 3.22. The van der Waals surface area contributed by atoms with Crippen LogP contribution in [0.1, 0.15) is 30.0 Å². The summed E-state index contributed by atoms with van der Waals surface area (Å²) in [5, 5.41) is 6.60. The minimum atomic E-state index is 0. The molecule has 154 valence electrons. The molecule has 1 saturated heterocycles. The van der Waals surface area contributed by atoms with Crippen molar-refractivity contribution in [2.45, 2.75) is 38.8 Å². The Labute approximate surface area is 184 Å². The normalized spacial score (nSPS) is 17.5. The first kappa shape index (κ1) is 24.1. The van der Waals surface area contributed by atoms with Crippen LogP contribution in [0.4, 0.5) is 0 Å². The second-order valence-electron chi connectivity index (χ2n) is 6.97. The molecule has 1 atom stereocenters. The van der Waals surface area contributed by atoms with E-state index < -0.39 is 0 Å². The Balaban J connectivity index is 0.00000364. The van der Waals surface area contributed by atoms with Gasteiger partial charge < -0.3 is 15.1 Å². The van der Waals surface area contributed by atoms with Crippen LogP contribution in [-0.4, -0.2) is 85.4 Å². The van der Waals surface area contributed by atoms with Crippen molar-refractivity contribution in [1.82, 2.24) is 25.0 Å². The number of hydrogen-bond acceptors (Lipinski definition) is 5. The average molecular weight is 508 g/mol. The van der Waals surface area contributed by atoms with Crippen LogP contribution in [0, 0.1) is 6.92 Å². The summed E-state index contributed by atoms with van der Waals surface area (Å²) >= 11 is 1.67. The number of hydrogen-bond donors (Lipinski definition) is 1. The van der Waals surface area contributed by atoms with Gasteiger partial charge in [-0.05, 0) is 32.7 Å². The van der Waals surface area contributed by atoms with E-state index >= 15 is 0 Å². The van der Waals surface area contributed by atoms with Crippen LogP contribution < -0.4 is 5.32 Å². The predicted molar refractivity (Wildman–Crippen MR) is 123 cm³/mol. The second kappa shape index (κ2) is 11.8. The molecule has 1 aliphatic heterocycles. The fourth-order valence-corrected chi connectivity index (χ4v) is 3.94. The maximum absolute atomic E-state index is 12.2. The number of likely N-dealkylation sites (N-methyl/N-ethyl adjacent to an activating group) is 1. The van der Waals surface area contributed by atoms with Gasteiger partial charge in [-0.25, -0.2) is 4.98 Å². The van der Waals surface area contributed by atoms with Crippen LogP contribution in [0.15, 0.2) is 10.4 Å². The van der Waals surface area contributed by atoms with Crippen molar-refractivity contribution in [1.29, 1.82) is 0 Å².